The third-order valence-corrected chi connectivity index (χ3v) is 5.92. The lowest BCUT2D eigenvalue weighted by atomic mass is 10.00. The zero-order valence-corrected chi connectivity index (χ0v) is 16.2. The van der Waals surface area contributed by atoms with E-state index in [1.165, 1.54) is 32.3 Å². The standard InChI is InChI=1S/C19H24N2O4S/c1-13(2)15-7-10-18(22)17(11-15)19(23)20-12-14-5-8-16(9-6-14)26(24,25)21(3)4/h5-11,13,22H,12H2,1-4H3,(H,20,23). The number of aromatic hydroxyl groups is 1. The van der Waals surface area contributed by atoms with Crippen molar-refractivity contribution in [1.82, 2.24) is 9.62 Å². The van der Waals surface area contributed by atoms with Gasteiger partial charge in [-0.1, -0.05) is 32.0 Å². The molecule has 0 spiro atoms. The van der Waals surface area contributed by atoms with E-state index in [0.29, 0.717) is 0 Å². The number of benzene rings is 2. The molecule has 0 saturated carbocycles. The maximum atomic E-state index is 12.4. The predicted molar refractivity (Wildman–Crippen MR) is 101 cm³/mol. The molecule has 0 unspecified atom stereocenters. The van der Waals surface area contributed by atoms with Crippen molar-refractivity contribution >= 4 is 15.9 Å². The van der Waals surface area contributed by atoms with Crippen LogP contribution in [0, 0.1) is 0 Å². The van der Waals surface area contributed by atoms with Crippen molar-refractivity contribution in [2.75, 3.05) is 14.1 Å². The number of nitrogens with one attached hydrogen (secondary N) is 1. The molecule has 2 N–H and O–H groups in total. The molecule has 2 rings (SSSR count). The van der Waals surface area contributed by atoms with Gasteiger partial charge in [0.15, 0.2) is 0 Å². The molecule has 2 aromatic rings. The second kappa shape index (κ2) is 7.88. The third kappa shape index (κ3) is 4.42. The summed E-state index contributed by atoms with van der Waals surface area (Å²) in [5.41, 5.74) is 1.95. The van der Waals surface area contributed by atoms with Gasteiger partial charge in [-0.05, 0) is 41.3 Å². The Morgan fingerprint density at radius 3 is 2.27 bits per heavy atom. The molecule has 0 atom stereocenters. The Hall–Kier alpha value is -2.38. The van der Waals surface area contributed by atoms with Crippen LogP contribution in [0.2, 0.25) is 0 Å². The Morgan fingerprint density at radius 1 is 1.12 bits per heavy atom. The Labute approximate surface area is 154 Å². The van der Waals surface area contributed by atoms with Crippen molar-refractivity contribution in [3.63, 3.8) is 0 Å². The first kappa shape index (κ1) is 19.9. The predicted octanol–water partition coefficient (Wildman–Crippen LogP) is 2.70. The molecule has 26 heavy (non-hydrogen) atoms. The van der Waals surface area contributed by atoms with Gasteiger partial charge in [0.25, 0.3) is 5.91 Å². The number of hydrogen-bond acceptors (Lipinski definition) is 4. The highest BCUT2D eigenvalue weighted by Gasteiger charge is 2.17. The number of carbonyl (C=O) groups excluding carboxylic acids is 1. The molecule has 1 amide bonds. The quantitative estimate of drug-likeness (QED) is 0.811. The second-order valence-corrected chi connectivity index (χ2v) is 8.70. The maximum Gasteiger partial charge on any atom is 0.255 e. The third-order valence-electron chi connectivity index (χ3n) is 4.09. The van der Waals surface area contributed by atoms with Crippen LogP contribution < -0.4 is 5.32 Å². The average Bonchev–Trinajstić information content (AvgIpc) is 2.60. The van der Waals surface area contributed by atoms with E-state index in [1.807, 2.05) is 13.8 Å². The van der Waals surface area contributed by atoms with Gasteiger partial charge < -0.3 is 10.4 Å². The number of sulfonamides is 1. The SMILES string of the molecule is CC(C)c1ccc(O)c(C(=O)NCc2ccc(S(=O)(=O)N(C)C)cc2)c1. The van der Waals surface area contributed by atoms with Crippen molar-refractivity contribution in [2.45, 2.75) is 31.2 Å². The van der Waals surface area contributed by atoms with E-state index in [9.17, 15) is 18.3 Å². The first-order chi connectivity index (χ1) is 12.1. The highest BCUT2D eigenvalue weighted by molar-refractivity contribution is 7.89. The van der Waals surface area contributed by atoms with Crippen molar-refractivity contribution in [3.8, 4) is 5.75 Å². The van der Waals surface area contributed by atoms with Crippen LogP contribution in [0.25, 0.3) is 0 Å². The summed E-state index contributed by atoms with van der Waals surface area (Å²) in [6, 6.07) is 11.3. The summed E-state index contributed by atoms with van der Waals surface area (Å²) in [4.78, 5) is 12.5. The summed E-state index contributed by atoms with van der Waals surface area (Å²) in [6.07, 6.45) is 0. The first-order valence-corrected chi connectivity index (χ1v) is 9.69. The number of phenolic OH excluding ortho intramolecular Hbond substituents is 1. The van der Waals surface area contributed by atoms with E-state index in [0.717, 1.165) is 15.4 Å². The fourth-order valence-electron chi connectivity index (χ4n) is 2.36. The molecule has 2 aromatic carbocycles. The summed E-state index contributed by atoms with van der Waals surface area (Å²) in [5.74, 6) is -0.206. The average molecular weight is 376 g/mol. The lowest BCUT2D eigenvalue weighted by Gasteiger charge is -2.12. The minimum Gasteiger partial charge on any atom is -0.507 e. The van der Waals surface area contributed by atoms with Crippen molar-refractivity contribution in [2.24, 2.45) is 0 Å². The molecule has 6 nitrogen and oxygen atoms in total. The number of hydrogen-bond donors (Lipinski definition) is 2. The fraction of sp³-hybridized carbons (Fsp3) is 0.316. The van der Waals surface area contributed by atoms with Crippen molar-refractivity contribution < 1.29 is 18.3 Å². The molecule has 0 aliphatic rings. The van der Waals surface area contributed by atoms with Crippen molar-refractivity contribution in [1.29, 1.82) is 0 Å². The van der Waals surface area contributed by atoms with E-state index in [-0.39, 0.29) is 34.6 Å². The van der Waals surface area contributed by atoms with Gasteiger partial charge in [0.2, 0.25) is 10.0 Å². The number of nitrogens with zero attached hydrogens (tertiary/aromatic N) is 1. The van der Waals surface area contributed by atoms with Gasteiger partial charge in [-0.25, -0.2) is 12.7 Å². The molecule has 0 saturated heterocycles. The van der Waals surface area contributed by atoms with Crippen LogP contribution in [-0.4, -0.2) is 37.8 Å². The summed E-state index contributed by atoms with van der Waals surface area (Å²) >= 11 is 0. The summed E-state index contributed by atoms with van der Waals surface area (Å²) in [6.45, 7) is 4.25. The zero-order chi connectivity index (χ0) is 19.5. The minimum atomic E-state index is -3.47. The normalized spacial score (nSPS) is 11.8. The van der Waals surface area contributed by atoms with Crippen LogP contribution in [0.1, 0.15) is 41.3 Å². The monoisotopic (exact) mass is 376 g/mol. The molecule has 0 fully saturated rings. The molecule has 0 aliphatic heterocycles. The van der Waals surface area contributed by atoms with E-state index in [4.69, 9.17) is 0 Å². The van der Waals surface area contributed by atoms with Gasteiger partial charge in [-0.2, -0.15) is 0 Å². The number of carbonyl (C=O) groups is 1. The van der Waals surface area contributed by atoms with E-state index < -0.39 is 10.0 Å². The smallest absolute Gasteiger partial charge is 0.255 e. The van der Waals surface area contributed by atoms with E-state index in [1.54, 1.807) is 24.3 Å². The van der Waals surface area contributed by atoms with Crippen molar-refractivity contribution in [3.05, 3.63) is 59.2 Å². The van der Waals surface area contributed by atoms with Crippen LogP contribution >= 0.6 is 0 Å². The lowest BCUT2D eigenvalue weighted by Crippen LogP contribution is -2.24. The zero-order valence-electron chi connectivity index (χ0n) is 15.4. The maximum absolute atomic E-state index is 12.4. The van der Waals surface area contributed by atoms with Crippen LogP contribution in [0.5, 0.6) is 5.75 Å². The van der Waals surface area contributed by atoms with Gasteiger partial charge in [0.05, 0.1) is 10.5 Å². The Bertz CT molecular complexity index is 888. The minimum absolute atomic E-state index is 0.0701. The molecule has 0 aromatic heterocycles. The highest BCUT2D eigenvalue weighted by atomic mass is 32.2. The highest BCUT2D eigenvalue weighted by Crippen LogP contribution is 2.23. The number of rotatable bonds is 6. The molecular formula is C19H24N2O4S. The number of phenols is 1. The Kier molecular flexibility index (Phi) is 6.05. The van der Waals surface area contributed by atoms with Gasteiger partial charge in [0, 0.05) is 20.6 Å². The van der Waals surface area contributed by atoms with Crippen LogP contribution in [0.4, 0.5) is 0 Å². The Balaban J connectivity index is 2.10. The van der Waals surface area contributed by atoms with Crippen LogP contribution in [-0.2, 0) is 16.6 Å². The lowest BCUT2D eigenvalue weighted by molar-refractivity contribution is 0.0948. The second-order valence-electron chi connectivity index (χ2n) is 6.55. The van der Waals surface area contributed by atoms with Gasteiger partial charge in [0.1, 0.15) is 5.75 Å². The molecular weight excluding hydrogens is 352 g/mol. The molecule has 0 heterocycles. The largest absolute Gasteiger partial charge is 0.507 e. The Morgan fingerprint density at radius 2 is 1.73 bits per heavy atom. The van der Waals surface area contributed by atoms with Gasteiger partial charge >= 0.3 is 0 Å². The van der Waals surface area contributed by atoms with Crippen LogP contribution in [0.3, 0.4) is 0 Å². The van der Waals surface area contributed by atoms with Gasteiger partial charge in [-0.15, -0.1) is 0 Å². The molecule has 7 heteroatoms. The van der Waals surface area contributed by atoms with Crippen LogP contribution in [0.15, 0.2) is 47.4 Å². The fourth-order valence-corrected chi connectivity index (χ4v) is 3.26. The first-order valence-electron chi connectivity index (χ1n) is 8.25. The summed E-state index contributed by atoms with van der Waals surface area (Å²) in [5, 5.41) is 12.7. The summed E-state index contributed by atoms with van der Waals surface area (Å²) < 4.78 is 25.2. The molecule has 0 bridgehead atoms. The molecule has 0 aliphatic carbocycles. The topological polar surface area (TPSA) is 86.7 Å². The van der Waals surface area contributed by atoms with E-state index in [2.05, 4.69) is 5.32 Å². The molecule has 140 valence electrons. The molecule has 0 radical (unpaired) electrons. The van der Waals surface area contributed by atoms with E-state index >= 15 is 0 Å². The number of amides is 1. The van der Waals surface area contributed by atoms with Gasteiger partial charge in [-0.3, -0.25) is 4.79 Å². The summed E-state index contributed by atoms with van der Waals surface area (Å²) in [7, 11) is -0.527.